The highest BCUT2D eigenvalue weighted by Gasteiger charge is 2.13. The van der Waals surface area contributed by atoms with Gasteiger partial charge in [0.15, 0.2) is 0 Å². The van der Waals surface area contributed by atoms with Gasteiger partial charge in [-0.2, -0.15) is 9.94 Å². The summed E-state index contributed by atoms with van der Waals surface area (Å²) in [6.07, 6.45) is 0. The van der Waals surface area contributed by atoms with E-state index in [9.17, 15) is 0 Å². The highest BCUT2D eigenvalue weighted by atomic mass is 32.2. The number of benzene rings is 2. The SMILES string of the molecule is Cc1cccc(C)c1-n1nnnc1SCCOc1ccc(C#N)cc1. The first-order chi connectivity index (χ1) is 12.2. The van der Waals surface area contributed by atoms with Crippen molar-refractivity contribution in [2.75, 3.05) is 12.4 Å². The Labute approximate surface area is 150 Å². The zero-order valence-corrected chi connectivity index (χ0v) is 14.8. The molecule has 0 spiro atoms. The molecule has 0 saturated heterocycles. The summed E-state index contributed by atoms with van der Waals surface area (Å²) >= 11 is 1.54. The Kier molecular flexibility index (Phi) is 5.31. The average Bonchev–Trinajstić information content (AvgIpc) is 3.07. The summed E-state index contributed by atoms with van der Waals surface area (Å²) in [4.78, 5) is 0. The Morgan fingerprint density at radius 3 is 2.52 bits per heavy atom. The van der Waals surface area contributed by atoms with Gasteiger partial charge in [0.05, 0.1) is 23.9 Å². The summed E-state index contributed by atoms with van der Waals surface area (Å²) < 4.78 is 7.46. The molecule has 0 bridgehead atoms. The zero-order valence-electron chi connectivity index (χ0n) is 14.0. The quantitative estimate of drug-likeness (QED) is 0.501. The molecule has 0 radical (unpaired) electrons. The molecule has 1 aromatic heterocycles. The maximum atomic E-state index is 8.79. The lowest BCUT2D eigenvalue weighted by Gasteiger charge is -2.10. The second kappa shape index (κ2) is 7.81. The number of tetrazole rings is 1. The number of nitrogens with zero attached hydrogens (tertiary/aromatic N) is 5. The van der Waals surface area contributed by atoms with E-state index < -0.39 is 0 Å². The van der Waals surface area contributed by atoms with Crippen LogP contribution in [0.25, 0.3) is 5.69 Å². The maximum absolute atomic E-state index is 8.79. The molecular formula is C18H17N5OS. The molecular weight excluding hydrogens is 334 g/mol. The van der Waals surface area contributed by atoms with Crippen molar-refractivity contribution in [2.45, 2.75) is 19.0 Å². The minimum Gasteiger partial charge on any atom is -0.493 e. The van der Waals surface area contributed by atoms with E-state index >= 15 is 0 Å². The van der Waals surface area contributed by atoms with Crippen LogP contribution in [0.1, 0.15) is 16.7 Å². The van der Waals surface area contributed by atoms with E-state index in [0.29, 0.717) is 17.9 Å². The van der Waals surface area contributed by atoms with Gasteiger partial charge in [0.2, 0.25) is 5.16 Å². The number of aryl methyl sites for hydroxylation is 2. The Hall–Kier alpha value is -2.85. The predicted molar refractivity (Wildman–Crippen MR) is 96.0 cm³/mol. The number of aromatic nitrogens is 4. The van der Waals surface area contributed by atoms with Crippen molar-refractivity contribution >= 4 is 11.8 Å². The zero-order chi connectivity index (χ0) is 17.6. The van der Waals surface area contributed by atoms with E-state index in [1.54, 1.807) is 40.7 Å². The minimum atomic E-state index is 0.524. The van der Waals surface area contributed by atoms with Gasteiger partial charge in [-0.15, -0.1) is 5.10 Å². The molecule has 0 amide bonds. The normalized spacial score (nSPS) is 10.4. The highest BCUT2D eigenvalue weighted by molar-refractivity contribution is 7.99. The third kappa shape index (κ3) is 3.98. The Balaban J connectivity index is 1.61. The number of thioether (sulfide) groups is 1. The Morgan fingerprint density at radius 1 is 1.12 bits per heavy atom. The van der Waals surface area contributed by atoms with Crippen LogP contribution in [0.15, 0.2) is 47.6 Å². The summed E-state index contributed by atoms with van der Waals surface area (Å²) in [5.41, 5.74) is 3.89. The van der Waals surface area contributed by atoms with Gasteiger partial charge in [-0.05, 0) is 59.7 Å². The van der Waals surface area contributed by atoms with Crippen LogP contribution in [0.3, 0.4) is 0 Å². The summed E-state index contributed by atoms with van der Waals surface area (Å²) in [6.45, 7) is 4.62. The average molecular weight is 351 g/mol. The second-order valence-electron chi connectivity index (χ2n) is 5.45. The van der Waals surface area contributed by atoms with Crippen LogP contribution < -0.4 is 4.74 Å². The van der Waals surface area contributed by atoms with E-state index in [4.69, 9.17) is 10.00 Å². The van der Waals surface area contributed by atoms with Crippen molar-refractivity contribution in [1.82, 2.24) is 20.2 Å². The van der Waals surface area contributed by atoms with E-state index in [1.165, 1.54) is 0 Å². The molecule has 0 fully saturated rings. The van der Waals surface area contributed by atoms with Crippen LogP contribution in [0, 0.1) is 25.2 Å². The fraction of sp³-hybridized carbons (Fsp3) is 0.222. The fourth-order valence-electron chi connectivity index (χ4n) is 2.47. The summed E-state index contributed by atoms with van der Waals surface area (Å²) in [5.74, 6) is 1.46. The summed E-state index contributed by atoms with van der Waals surface area (Å²) in [5, 5.41) is 21.6. The van der Waals surface area contributed by atoms with Crippen LogP contribution in [0.5, 0.6) is 5.75 Å². The predicted octanol–water partition coefficient (Wildman–Crippen LogP) is 3.32. The highest BCUT2D eigenvalue weighted by Crippen LogP contribution is 2.23. The van der Waals surface area contributed by atoms with Crippen LogP contribution in [0.2, 0.25) is 0 Å². The van der Waals surface area contributed by atoms with Gasteiger partial charge in [0.25, 0.3) is 0 Å². The first-order valence-electron chi connectivity index (χ1n) is 7.80. The monoisotopic (exact) mass is 351 g/mol. The van der Waals surface area contributed by atoms with Crippen molar-refractivity contribution in [3.05, 3.63) is 59.2 Å². The largest absolute Gasteiger partial charge is 0.493 e. The first kappa shape index (κ1) is 17.0. The molecule has 0 aliphatic rings. The van der Waals surface area contributed by atoms with Crippen LogP contribution in [-0.4, -0.2) is 32.6 Å². The van der Waals surface area contributed by atoms with Crippen LogP contribution in [0.4, 0.5) is 0 Å². The number of hydrogen-bond donors (Lipinski definition) is 0. The Bertz CT molecular complexity index is 878. The smallest absolute Gasteiger partial charge is 0.214 e. The Morgan fingerprint density at radius 2 is 1.84 bits per heavy atom. The molecule has 25 heavy (non-hydrogen) atoms. The molecule has 7 heteroatoms. The second-order valence-corrected chi connectivity index (χ2v) is 6.51. The summed E-state index contributed by atoms with van der Waals surface area (Å²) in [7, 11) is 0. The molecule has 126 valence electrons. The van der Waals surface area contributed by atoms with Crippen molar-refractivity contribution < 1.29 is 4.74 Å². The lowest BCUT2D eigenvalue weighted by atomic mass is 10.1. The van der Waals surface area contributed by atoms with E-state index in [1.807, 2.05) is 32.0 Å². The number of hydrogen-bond acceptors (Lipinski definition) is 6. The topological polar surface area (TPSA) is 76.6 Å². The lowest BCUT2D eigenvalue weighted by molar-refractivity contribution is 0.344. The third-order valence-electron chi connectivity index (χ3n) is 3.66. The number of nitriles is 1. The number of para-hydroxylation sites is 1. The van der Waals surface area contributed by atoms with Gasteiger partial charge in [-0.25, -0.2) is 0 Å². The molecule has 1 heterocycles. The molecule has 6 nitrogen and oxygen atoms in total. The molecule has 3 rings (SSSR count). The van der Waals surface area contributed by atoms with Gasteiger partial charge in [-0.3, -0.25) is 0 Å². The van der Waals surface area contributed by atoms with Crippen LogP contribution in [-0.2, 0) is 0 Å². The van der Waals surface area contributed by atoms with Crippen molar-refractivity contribution in [1.29, 1.82) is 5.26 Å². The lowest BCUT2D eigenvalue weighted by Crippen LogP contribution is -2.06. The summed E-state index contributed by atoms with van der Waals surface area (Å²) in [6, 6.07) is 15.3. The molecule has 0 aliphatic carbocycles. The first-order valence-corrected chi connectivity index (χ1v) is 8.78. The fourth-order valence-corrected chi connectivity index (χ4v) is 3.16. The maximum Gasteiger partial charge on any atom is 0.214 e. The molecule has 2 aromatic carbocycles. The van der Waals surface area contributed by atoms with Crippen LogP contribution >= 0.6 is 11.8 Å². The molecule has 0 aliphatic heterocycles. The van der Waals surface area contributed by atoms with Gasteiger partial charge in [0, 0.05) is 5.75 Å². The standard InChI is InChI=1S/C18H17N5OS/c1-13-4-3-5-14(2)17(13)23-18(20-21-22-23)25-11-10-24-16-8-6-15(12-19)7-9-16/h3-9H,10-11H2,1-2H3. The van der Waals surface area contributed by atoms with Gasteiger partial charge in [0.1, 0.15) is 5.75 Å². The molecule has 0 N–H and O–H groups in total. The number of ether oxygens (including phenoxy) is 1. The third-order valence-corrected chi connectivity index (χ3v) is 4.54. The number of rotatable bonds is 6. The molecule has 0 atom stereocenters. The molecule has 3 aromatic rings. The van der Waals surface area contributed by atoms with Gasteiger partial charge in [-0.1, -0.05) is 30.0 Å². The van der Waals surface area contributed by atoms with E-state index in [0.717, 1.165) is 27.7 Å². The van der Waals surface area contributed by atoms with Crippen molar-refractivity contribution in [3.8, 4) is 17.5 Å². The van der Waals surface area contributed by atoms with Gasteiger partial charge < -0.3 is 4.74 Å². The van der Waals surface area contributed by atoms with Gasteiger partial charge >= 0.3 is 0 Å². The van der Waals surface area contributed by atoms with E-state index in [-0.39, 0.29) is 0 Å². The molecule has 0 saturated carbocycles. The van der Waals surface area contributed by atoms with Crippen molar-refractivity contribution in [3.63, 3.8) is 0 Å². The van der Waals surface area contributed by atoms with Crippen molar-refractivity contribution in [2.24, 2.45) is 0 Å². The van der Waals surface area contributed by atoms with E-state index in [2.05, 4.69) is 21.6 Å². The molecule has 0 unspecified atom stereocenters. The minimum absolute atomic E-state index is 0.524.